The Morgan fingerprint density at radius 3 is 2.41 bits per heavy atom. The van der Waals surface area contributed by atoms with Crippen LogP contribution in [0.1, 0.15) is 33.0 Å². The van der Waals surface area contributed by atoms with E-state index in [0.717, 1.165) is 30.4 Å². The van der Waals surface area contributed by atoms with Crippen molar-refractivity contribution < 1.29 is 5.11 Å². The quantitative estimate of drug-likeness (QED) is 0.674. The minimum atomic E-state index is -0.289. The van der Waals surface area contributed by atoms with Crippen molar-refractivity contribution in [2.24, 2.45) is 0 Å². The lowest BCUT2D eigenvalue weighted by Gasteiger charge is -2.10. The molecule has 1 aromatic heterocycles. The average molecular weight is 238 g/mol. The molecule has 0 radical (unpaired) electrons. The van der Waals surface area contributed by atoms with E-state index in [1.54, 1.807) is 6.92 Å². The molecule has 5 nitrogen and oxygen atoms in total. The normalized spacial score (nSPS) is 12.2. The minimum Gasteiger partial charge on any atom is -0.393 e. The Morgan fingerprint density at radius 2 is 1.88 bits per heavy atom. The Morgan fingerprint density at radius 1 is 1.24 bits per heavy atom. The van der Waals surface area contributed by atoms with E-state index in [1.165, 1.54) is 0 Å². The fraction of sp³-hybridized carbons (Fsp3) is 0.667. The van der Waals surface area contributed by atoms with E-state index in [1.807, 2.05) is 19.9 Å². The van der Waals surface area contributed by atoms with Crippen molar-refractivity contribution in [2.45, 2.75) is 39.7 Å². The summed E-state index contributed by atoms with van der Waals surface area (Å²) in [6, 6.07) is 1.89. The van der Waals surface area contributed by atoms with Crippen LogP contribution in [0.4, 0.5) is 11.6 Å². The van der Waals surface area contributed by atoms with Crippen LogP contribution in [0.2, 0.25) is 0 Å². The van der Waals surface area contributed by atoms with Crippen LogP contribution in [-0.2, 0) is 6.42 Å². The molecule has 0 aromatic carbocycles. The van der Waals surface area contributed by atoms with E-state index >= 15 is 0 Å². The highest BCUT2D eigenvalue weighted by atomic mass is 16.3. The largest absolute Gasteiger partial charge is 0.393 e. The van der Waals surface area contributed by atoms with Crippen molar-refractivity contribution in [2.75, 3.05) is 23.7 Å². The summed E-state index contributed by atoms with van der Waals surface area (Å²) >= 11 is 0. The Bertz CT molecular complexity index is 341. The summed E-state index contributed by atoms with van der Waals surface area (Å²) in [5.74, 6) is 2.48. The van der Waals surface area contributed by atoms with Crippen molar-refractivity contribution in [1.82, 2.24) is 9.97 Å². The molecule has 3 N–H and O–H groups in total. The van der Waals surface area contributed by atoms with E-state index < -0.39 is 0 Å². The zero-order valence-electron chi connectivity index (χ0n) is 10.8. The predicted octanol–water partition coefficient (Wildman–Crippen LogP) is 1.65. The van der Waals surface area contributed by atoms with Crippen LogP contribution < -0.4 is 10.6 Å². The van der Waals surface area contributed by atoms with E-state index in [2.05, 4.69) is 20.6 Å². The van der Waals surface area contributed by atoms with Gasteiger partial charge in [0.05, 0.1) is 6.10 Å². The third-order valence-electron chi connectivity index (χ3n) is 2.31. The van der Waals surface area contributed by atoms with E-state index in [9.17, 15) is 5.11 Å². The molecule has 17 heavy (non-hydrogen) atoms. The number of aliphatic hydroxyl groups is 1. The molecule has 0 aliphatic carbocycles. The number of nitrogens with one attached hydrogen (secondary N) is 2. The first-order valence-electron chi connectivity index (χ1n) is 6.19. The molecule has 0 fully saturated rings. The van der Waals surface area contributed by atoms with Crippen LogP contribution in [0.25, 0.3) is 0 Å². The van der Waals surface area contributed by atoms with Crippen molar-refractivity contribution in [3.63, 3.8) is 0 Å². The van der Waals surface area contributed by atoms with Gasteiger partial charge in [-0.25, -0.2) is 9.97 Å². The molecular weight excluding hydrogens is 216 g/mol. The lowest BCUT2D eigenvalue weighted by atomic mass is 10.3. The summed E-state index contributed by atoms with van der Waals surface area (Å²) < 4.78 is 0. The minimum absolute atomic E-state index is 0.289. The number of anilines is 2. The van der Waals surface area contributed by atoms with Gasteiger partial charge in [0.1, 0.15) is 17.5 Å². The first-order valence-corrected chi connectivity index (χ1v) is 6.19. The number of hydrogen-bond acceptors (Lipinski definition) is 5. The van der Waals surface area contributed by atoms with E-state index in [4.69, 9.17) is 0 Å². The lowest BCUT2D eigenvalue weighted by Crippen LogP contribution is -2.12. The molecular formula is C12H22N4O. The van der Waals surface area contributed by atoms with E-state index in [0.29, 0.717) is 13.0 Å². The molecule has 0 aliphatic heterocycles. The molecule has 0 aliphatic rings. The van der Waals surface area contributed by atoms with Gasteiger partial charge in [0, 0.05) is 25.6 Å². The van der Waals surface area contributed by atoms with Crippen molar-refractivity contribution in [3.05, 3.63) is 11.9 Å². The summed E-state index contributed by atoms with van der Waals surface area (Å²) in [5, 5.41) is 15.6. The third kappa shape index (κ3) is 4.99. The maximum Gasteiger partial charge on any atom is 0.132 e. The molecule has 0 bridgehead atoms. The topological polar surface area (TPSA) is 70.1 Å². The highest BCUT2D eigenvalue weighted by molar-refractivity contribution is 5.47. The first kappa shape index (κ1) is 13.7. The number of nitrogens with zero attached hydrogens (tertiary/aromatic N) is 2. The lowest BCUT2D eigenvalue weighted by molar-refractivity contribution is 0.188. The number of aryl methyl sites for hydroxylation is 1. The molecule has 1 aromatic rings. The molecule has 0 spiro atoms. The van der Waals surface area contributed by atoms with Crippen molar-refractivity contribution >= 4 is 11.6 Å². The Kier molecular flexibility index (Phi) is 5.69. The van der Waals surface area contributed by atoms with Gasteiger partial charge in [0.15, 0.2) is 0 Å². The highest BCUT2D eigenvalue weighted by Crippen LogP contribution is 2.11. The molecule has 0 amide bonds. The third-order valence-corrected chi connectivity index (χ3v) is 2.31. The zero-order valence-corrected chi connectivity index (χ0v) is 10.8. The van der Waals surface area contributed by atoms with Crippen LogP contribution >= 0.6 is 0 Å². The molecule has 5 heteroatoms. The Hall–Kier alpha value is -1.36. The van der Waals surface area contributed by atoms with E-state index in [-0.39, 0.29) is 6.10 Å². The highest BCUT2D eigenvalue weighted by Gasteiger charge is 2.03. The molecule has 1 atom stereocenters. The van der Waals surface area contributed by atoms with Crippen LogP contribution in [-0.4, -0.2) is 34.3 Å². The molecule has 96 valence electrons. The maximum absolute atomic E-state index is 9.18. The van der Waals surface area contributed by atoms with Crippen LogP contribution in [0.5, 0.6) is 0 Å². The fourth-order valence-electron chi connectivity index (χ4n) is 1.43. The first-order chi connectivity index (χ1) is 8.15. The van der Waals surface area contributed by atoms with Gasteiger partial charge < -0.3 is 15.7 Å². The summed E-state index contributed by atoms with van der Waals surface area (Å²) in [6.45, 7) is 7.40. The Labute approximate surface area is 103 Å². The predicted molar refractivity (Wildman–Crippen MR) is 70.4 cm³/mol. The SMILES string of the molecule is CCNc1cc(NCCC(C)O)nc(CC)n1. The molecule has 0 saturated heterocycles. The number of hydrogen-bond donors (Lipinski definition) is 3. The number of aliphatic hydroxyl groups excluding tert-OH is 1. The van der Waals surface area contributed by atoms with Gasteiger partial charge >= 0.3 is 0 Å². The van der Waals surface area contributed by atoms with Gasteiger partial charge in [-0.1, -0.05) is 6.92 Å². The van der Waals surface area contributed by atoms with Gasteiger partial charge in [0.2, 0.25) is 0 Å². The van der Waals surface area contributed by atoms with Crippen LogP contribution in [0.3, 0.4) is 0 Å². The number of aromatic nitrogens is 2. The number of rotatable bonds is 7. The summed E-state index contributed by atoms with van der Waals surface area (Å²) in [6.07, 6.45) is 1.23. The fourth-order valence-corrected chi connectivity index (χ4v) is 1.43. The van der Waals surface area contributed by atoms with Gasteiger partial charge in [-0.05, 0) is 20.3 Å². The van der Waals surface area contributed by atoms with Crippen LogP contribution in [0.15, 0.2) is 6.07 Å². The van der Waals surface area contributed by atoms with Gasteiger partial charge in [0.25, 0.3) is 0 Å². The zero-order chi connectivity index (χ0) is 12.7. The van der Waals surface area contributed by atoms with Crippen molar-refractivity contribution in [1.29, 1.82) is 0 Å². The molecule has 1 rings (SSSR count). The molecule has 1 heterocycles. The smallest absolute Gasteiger partial charge is 0.132 e. The van der Waals surface area contributed by atoms with Crippen molar-refractivity contribution in [3.8, 4) is 0 Å². The maximum atomic E-state index is 9.18. The standard InChI is InChI=1S/C12H22N4O/c1-4-10-15-11(13-5-2)8-12(16-10)14-7-6-9(3)17/h8-9,17H,4-7H2,1-3H3,(H2,13,14,15,16). The average Bonchev–Trinajstić information content (AvgIpc) is 2.28. The molecule has 1 unspecified atom stereocenters. The molecule has 0 saturated carbocycles. The van der Waals surface area contributed by atoms with Crippen LogP contribution in [0, 0.1) is 0 Å². The summed E-state index contributed by atoms with van der Waals surface area (Å²) in [4.78, 5) is 8.76. The summed E-state index contributed by atoms with van der Waals surface area (Å²) in [7, 11) is 0. The second-order valence-electron chi connectivity index (χ2n) is 4.00. The summed E-state index contributed by atoms with van der Waals surface area (Å²) in [5.41, 5.74) is 0. The van der Waals surface area contributed by atoms with Gasteiger partial charge in [-0.2, -0.15) is 0 Å². The Balaban J connectivity index is 2.66. The second-order valence-corrected chi connectivity index (χ2v) is 4.00. The van der Waals surface area contributed by atoms with Gasteiger partial charge in [-0.3, -0.25) is 0 Å². The second kappa shape index (κ2) is 7.06. The van der Waals surface area contributed by atoms with Gasteiger partial charge in [-0.15, -0.1) is 0 Å². The monoisotopic (exact) mass is 238 g/mol.